The number of rotatable bonds is 5. The van der Waals surface area contributed by atoms with Gasteiger partial charge in [-0.25, -0.2) is 0 Å². The Hall–Kier alpha value is -0.220. The van der Waals surface area contributed by atoms with E-state index in [0.29, 0.717) is 13.0 Å². The molecule has 0 aliphatic carbocycles. The maximum atomic E-state index is 12.2. The fraction of sp³-hybridized carbons (Fsp3) is 0.909. The lowest BCUT2D eigenvalue weighted by molar-refractivity contribution is -0.133. The van der Waals surface area contributed by atoms with Crippen LogP contribution in [-0.2, 0) is 4.79 Å². The molecule has 1 atom stereocenters. The van der Waals surface area contributed by atoms with E-state index in [1.807, 2.05) is 11.8 Å². The van der Waals surface area contributed by atoms with Gasteiger partial charge in [-0.3, -0.25) is 4.79 Å². The van der Waals surface area contributed by atoms with Crippen molar-refractivity contribution in [2.45, 2.75) is 37.9 Å². The van der Waals surface area contributed by atoms with Gasteiger partial charge in [0.1, 0.15) is 0 Å². The molecule has 1 fully saturated rings. The zero-order valence-electron chi connectivity index (χ0n) is 9.66. The minimum Gasteiger partial charge on any atom is -0.396 e. The Kier molecular flexibility index (Phi) is 4.93. The molecule has 0 saturated carbocycles. The van der Waals surface area contributed by atoms with Gasteiger partial charge in [-0.1, -0.05) is 0 Å². The summed E-state index contributed by atoms with van der Waals surface area (Å²) in [6, 6.07) is 0. The highest BCUT2D eigenvalue weighted by molar-refractivity contribution is 8.01. The van der Waals surface area contributed by atoms with Crippen LogP contribution < -0.4 is 0 Å². The Bertz CT molecular complexity index is 215. The Morgan fingerprint density at radius 1 is 1.60 bits per heavy atom. The zero-order chi connectivity index (χ0) is 11.3. The summed E-state index contributed by atoms with van der Waals surface area (Å²) in [6.45, 7) is 5.64. The summed E-state index contributed by atoms with van der Waals surface area (Å²) in [5.41, 5.74) is 0. The zero-order valence-corrected chi connectivity index (χ0v) is 10.5. The average Bonchev–Trinajstić information content (AvgIpc) is 2.67. The van der Waals surface area contributed by atoms with Crippen LogP contribution in [0.15, 0.2) is 0 Å². The van der Waals surface area contributed by atoms with Crippen LogP contribution in [0.2, 0.25) is 0 Å². The van der Waals surface area contributed by atoms with Crippen LogP contribution in [-0.4, -0.2) is 46.1 Å². The van der Waals surface area contributed by atoms with Gasteiger partial charge in [0, 0.05) is 19.7 Å². The van der Waals surface area contributed by atoms with Crippen molar-refractivity contribution in [2.75, 3.05) is 25.4 Å². The Balaban J connectivity index is 2.55. The van der Waals surface area contributed by atoms with Crippen LogP contribution >= 0.6 is 11.8 Å². The summed E-state index contributed by atoms with van der Waals surface area (Å²) in [7, 11) is 0. The molecule has 1 aliphatic rings. The first-order valence-electron chi connectivity index (χ1n) is 5.68. The van der Waals surface area contributed by atoms with Crippen LogP contribution in [0.1, 0.15) is 33.1 Å². The van der Waals surface area contributed by atoms with Gasteiger partial charge >= 0.3 is 0 Å². The van der Waals surface area contributed by atoms with Crippen molar-refractivity contribution >= 4 is 17.7 Å². The molecule has 0 aromatic rings. The number of hydrogen-bond donors (Lipinski definition) is 1. The van der Waals surface area contributed by atoms with E-state index in [4.69, 9.17) is 5.11 Å². The van der Waals surface area contributed by atoms with Gasteiger partial charge in [-0.2, -0.15) is 0 Å². The van der Waals surface area contributed by atoms with Gasteiger partial charge < -0.3 is 10.0 Å². The van der Waals surface area contributed by atoms with Crippen LogP contribution in [0.25, 0.3) is 0 Å². The lowest BCUT2D eigenvalue weighted by Crippen LogP contribution is -2.44. The standard InChI is InChI=1S/C11H21NO2S/c1-3-12(7-5-8-13)10(14)11(2)6-4-9-15-11/h13H,3-9H2,1-2H3. The van der Waals surface area contributed by atoms with E-state index in [0.717, 1.165) is 25.1 Å². The third-order valence-corrected chi connectivity index (χ3v) is 4.43. The second kappa shape index (κ2) is 5.75. The number of carbonyl (C=O) groups excluding carboxylic acids is 1. The summed E-state index contributed by atoms with van der Waals surface area (Å²) in [4.78, 5) is 14.1. The highest BCUT2D eigenvalue weighted by Crippen LogP contribution is 2.39. The predicted molar refractivity (Wildman–Crippen MR) is 64.1 cm³/mol. The first-order chi connectivity index (χ1) is 7.14. The lowest BCUT2D eigenvalue weighted by Gasteiger charge is -2.30. The molecular formula is C11H21NO2S. The van der Waals surface area contributed by atoms with E-state index >= 15 is 0 Å². The summed E-state index contributed by atoms with van der Waals surface area (Å²) in [5.74, 6) is 1.35. The number of aliphatic hydroxyl groups is 1. The van der Waals surface area contributed by atoms with Crippen molar-refractivity contribution < 1.29 is 9.90 Å². The highest BCUT2D eigenvalue weighted by Gasteiger charge is 2.39. The van der Waals surface area contributed by atoms with Gasteiger partial charge in [-0.15, -0.1) is 11.8 Å². The van der Waals surface area contributed by atoms with Crippen molar-refractivity contribution in [3.8, 4) is 0 Å². The normalized spacial score (nSPS) is 25.5. The molecule has 0 bridgehead atoms. The van der Waals surface area contributed by atoms with Crippen molar-refractivity contribution in [3.05, 3.63) is 0 Å². The fourth-order valence-corrected chi connectivity index (χ4v) is 3.23. The molecule has 15 heavy (non-hydrogen) atoms. The minimum absolute atomic E-state index is 0.160. The first-order valence-corrected chi connectivity index (χ1v) is 6.67. The largest absolute Gasteiger partial charge is 0.396 e. The number of aliphatic hydroxyl groups excluding tert-OH is 1. The molecule has 1 rings (SSSR count). The summed E-state index contributed by atoms with van der Waals surface area (Å²) in [6.07, 6.45) is 2.82. The second-order valence-electron chi connectivity index (χ2n) is 4.14. The smallest absolute Gasteiger partial charge is 0.238 e. The number of hydrogen-bond acceptors (Lipinski definition) is 3. The molecule has 1 N–H and O–H groups in total. The predicted octanol–water partition coefficient (Wildman–Crippen LogP) is 1.50. The third kappa shape index (κ3) is 3.11. The molecular weight excluding hydrogens is 210 g/mol. The molecule has 0 aromatic carbocycles. The van der Waals surface area contributed by atoms with Crippen molar-refractivity contribution in [1.82, 2.24) is 4.90 Å². The van der Waals surface area contributed by atoms with E-state index in [-0.39, 0.29) is 17.3 Å². The van der Waals surface area contributed by atoms with Gasteiger partial charge in [-0.05, 0) is 38.9 Å². The van der Waals surface area contributed by atoms with Crippen LogP contribution in [0, 0.1) is 0 Å². The van der Waals surface area contributed by atoms with E-state index in [2.05, 4.69) is 6.92 Å². The first kappa shape index (κ1) is 12.8. The third-order valence-electron chi connectivity index (χ3n) is 2.93. The van der Waals surface area contributed by atoms with E-state index in [1.54, 1.807) is 11.8 Å². The quantitative estimate of drug-likeness (QED) is 0.779. The van der Waals surface area contributed by atoms with Crippen LogP contribution in [0.5, 0.6) is 0 Å². The molecule has 1 amide bonds. The molecule has 4 heteroatoms. The van der Waals surface area contributed by atoms with Crippen molar-refractivity contribution in [2.24, 2.45) is 0 Å². The maximum absolute atomic E-state index is 12.2. The number of amides is 1. The minimum atomic E-state index is -0.203. The molecule has 1 aliphatic heterocycles. The van der Waals surface area contributed by atoms with Crippen molar-refractivity contribution in [3.63, 3.8) is 0 Å². The Morgan fingerprint density at radius 2 is 2.33 bits per heavy atom. The average molecular weight is 231 g/mol. The van der Waals surface area contributed by atoms with Crippen molar-refractivity contribution in [1.29, 1.82) is 0 Å². The number of nitrogens with zero attached hydrogens (tertiary/aromatic N) is 1. The molecule has 0 spiro atoms. The molecule has 88 valence electrons. The van der Waals surface area contributed by atoms with Gasteiger partial charge in [0.15, 0.2) is 0 Å². The molecule has 1 heterocycles. The molecule has 0 radical (unpaired) electrons. The van der Waals surface area contributed by atoms with Gasteiger partial charge in [0.2, 0.25) is 5.91 Å². The second-order valence-corrected chi connectivity index (χ2v) is 5.74. The van der Waals surface area contributed by atoms with E-state index in [1.165, 1.54) is 0 Å². The van der Waals surface area contributed by atoms with E-state index < -0.39 is 0 Å². The SMILES string of the molecule is CCN(CCCO)C(=O)C1(C)CCCS1. The molecule has 3 nitrogen and oxygen atoms in total. The molecule has 1 unspecified atom stereocenters. The van der Waals surface area contributed by atoms with Crippen LogP contribution in [0.4, 0.5) is 0 Å². The summed E-state index contributed by atoms with van der Waals surface area (Å²) < 4.78 is -0.203. The highest BCUT2D eigenvalue weighted by atomic mass is 32.2. The number of carbonyl (C=O) groups is 1. The molecule has 1 saturated heterocycles. The summed E-state index contributed by atoms with van der Waals surface area (Å²) >= 11 is 1.78. The van der Waals surface area contributed by atoms with Crippen LogP contribution in [0.3, 0.4) is 0 Å². The molecule has 0 aromatic heterocycles. The fourth-order valence-electron chi connectivity index (χ4n) is 1.95. The Labute approximate surface area is 96.2 Å². The number of thioether (sulfide) groups is 1. The Morgan fingerprint density at radius 3 is 2.80 bits per heavy atom. The van der Waals surface area contributed by atoms with E-state index in [9.17, 15) is 4.79 Å². The maximum Gasteiger partial charge on any atom is 0.238 e. The summed E-state index contributed by atoms with van der Waals surface area (Å²) in [5, 5.41) is 8.78. The monoisotopic (exact) mass is 231 g/mol. The lowest BCUT2D eigenvalue weighted by atomic mass is 10.0. The topological polar surface area (TPSA) is 40.5 Å². The van der Waals surface area contributed by atoms with Gasteiger partial charge in [0.25, 0.3) is 0 Å². The van der Waals surface area contributed by atoms with Gasteiger partial charge in [0.05, 0.1) is 4.75 Å².